The van der Waals surface area contributed by atoms with E-state index in [4.69, 9.17) is 5.73 Å². The molecule has 5 heteroatoms. The van der Waals surface area contributed by atoms with Crippen LogP contribution < -0.4 is 10.6 Å². The first-order chi connectivity index (χ1) is 11.7. The van der Waals surface area contributed by atoms with E-state index in [0.29, 0.717) is 11.0 Å². The van der Waals surface area contributed by atoms with Crippen LogP contribution in [-0.2, 0) is 11.2 Å². The molecule has 0 radical (unpaired) electrons. The Morgan fingerprint density at radius 2 is 2.04 bits per heavy atom. The van der Waals surface area contributed by atoms with Crippen molar-refractivity contribution in [1.82, 2.24) is 4.98 Å². The minimum absolute atomic E-state index is 0.225. The van der Waals surface area contributed by atoms with Gasteiger partial charge in [-0.2, -0.15) is 0 Å². The Balaban J connectivity index is 1.62. The van der Waals surface area contributed by atoms with Crippen molar-refractivity contribution >= 4 is 28.1 Å². The van der Waals surface area contributed by atoms with E-state index >= 15 is 0 Å². The molecular weight excluding hydrogens is 318 g/mol. The van der Waals surface area contributed by atoms with Crippen LogP contribution in [0.4, 0.5) is 10.8 Å². The van der Waals surface area contributed by atoms with Crippen molar-refractivity contribution in [1.29, 1.82) is 0 Å². The zero-order valence-electron chi connectivity index (χ0n) is 13.8. The molecule has 1 amide bonds. The van der Waals surface area contributed by atoms with Crippen LogP contribution in [0, 0.1) is 5.92 Å². The third kappa shape index (κ3) is 2.93. The first-order valence-corrected chi connectivity index (χ1v) is 9.76. The molecule has 24 heavy (non-hydrogen) atoms. The molecule has 1 aliphatic heterocycles. The van der Waals surface area contributed by atoms with Crippen molar-refractivity contribution in [3.63, 3.8) is 0 Å². The van der Waals surface area contributed by atoms with Gasteiger partial charge in [0.1, 0.15) is 0 Å². The summed E-state index contributed by atoms with van der Waals surface area (Å²) in [5.74, 6) is 0.559. The number of thiazole rings is 1. The van der Waals surface area contributed by atoms with Crippen LogP contribution >= 0.6 is 11.3 Å². The highest BCUT2D eigenvalue weighted by Crippen LogP contribution is 2.35. The summed E-state index contributed by atoms with van der Waals surface area (Å²) in [6.07, 6.45) is 7.84. The van der Waals surface area contributed by atoms with Crippen LogP contribution in [0.1, 0.15) is 44.1 Å². The van der Waals surface area contributed by atoms with Gasteiger partial charge in [-0.3, -0.25) is 4.79 Å². The normalized spacial score (nSPS) is 18.4. The van der Waals surface area contributed by atoms with Crippen LogP contribution in [0.15, 0.2) is 23.6 Å². The lowest BCUT2D eigenvalue weighted by Gasteiger charge is -2.33. The quantitative estimate of drug-likeness (QED) is 0.888. The minimum atomic E-state index is 0.225. The maximum Gasteiger partial charge on any atom is 0.230 e. The van der Waals surface area contributed by atoms with Crippen molar-refractivity contribution in [3.05, 3.63) is 29.1 Å². The number of rotatable bonds is 2. The first kappa shape index (κ1) is 15.6. The lowest BCUT2D eigenvalue weighted by Crippen LogP contribution is -2.40. The Hall–Kier alpha value is -1.88. The van der Waals surface area contributed by atoms with Crippen molar-refractivity contribution < 1.29 is 4.79 Å². The molecule has 4 nitrogen and oxygen atoms in total. The van der Waals surface area contributed by atoms with Crippen molar-refractivity contribution in [2.75, 3.05) is 17.2 Å². The highest BCUT2D eigenvalue weighted by atomic mass is 32.1. The molecule has 1 aromatic heterocycles. The molecule has 2 aromatic rings. The maximum atomic E-state index is 13.0. The van der Waals surface area contributed by atoms with Gasteiger partial charge in [-0.05, 0) is 43.4 Å². The summed E-state index contributed by atoms with van der Waals surface area (Å²) in [7, 11) is 0. The molecule has 0 atom stereocenters. The fourth-order valence-electron chi connectivity index (χ4n) is 3.98. The number of aromatic nitrogens is 1. The van der Waals surface area contributed by atoms with E-state index in [1.165, 1.54) is 36.2 Å². The van der Waals surface area contributed by atoms with Crippen LogP contribution in [0.2, 0.25) is 0 Å². The van der Waals surface area contributed by atoms with Gasteiger partial charge in [0.15, 0.2) is 5.13 Å². The minimum Gasteiger partial charge on any atom is -0.375 e. The smallest absolute Gasteiger partial charge is 0.230 e. The second kappa shape index (κ2) is 6.55. The van der Waals surface area contributed by atoms with Gasteiger partial charge in [-0.15, -0.1) is 11.3 Å². The SMILES string of the molecule is Nc1nc(-c2ccc3c(c2)CCCN3C(=O)C2CCCCC2)cs1. The van der Waals surface area contributed by atoms with E-state index in [1.807, 2.05) is 10.3 Å². The molecule has 126 valence electrons. The van der Waals surface area contributed by atoms with Gasteiger partial charge >= 0.3 is 0 Å². The molecule has 4 rings (SSSR count). The van der Waals surface area contributed by atoms with Crippen LogP contribution in [-0.4, -0.2) is 17.4 Å². The molecule has 2 N–H and O–H groups in total. The Bertz CT molecular complexity index is 749. The van der Waals surface area contributed by atoms with Crippen LogP contribution in [0.3, 0.4) is 0 Å². The number of anilines is 2. The zero-order chi connectivity index (χ0) is 16.5. The Labute approximate surface area is 146 Å². The Kier molecular flexibility index (Phi) is 4.27. The van der Waals surface area contributed by atoms with E-state index in [2.05, 4.69) is 23.2 Å². The largest absolute Gasteiger partial charge is 0.375 e. The van der Waals surface area contributed by atoms with Crippen molar-refractivity contribution in [3.8, 4) is 11.3 Å². The van der Waals surface area contributed by atoms with E-state index in [1.54, 1.807) is 0 Å². The predicted molar refractivity (Wildman–Crippen MR) is 99.2 cm³/mol. The van der Waals surface area contributed by atoms with E-state index in [9.17, 15) is 4.79 Å². The standard InChI is InChI=1S/C19H23N3OS/c20-19-21-16(12-24-19)14-8-9-17-15(11-14)7-4-10-22(17)18(23)13-5-2-1-3-6-13/h8-9,11-13H,1-7,10H2,(H2,20,21). The topological polar surface area (TPSA) is 59.2 Å². The number of carbonyl (C=O) groups excluding carboxylic acids is 1. The number of hydrogen-bond donors (Lipinski definition) is 1. The highest BCUT2D eigenvalue weighted by Gasteiger charge is 2.29. The van der Waals surface area contributed by atoms with Crippen LogP contribution in [0.25, 0.3) is 11.3 Å². The summed E-state index contributed by atoms with van der Waals surface area (Å²) in [6, 6.07) is 6.35. The second-order valence-corrected chi connectivity index (χ2v) is 7.73. The lowest BCUT2D eigenvalue weighted by molar-refractivity contribution is -0.123. The number of carbonyl (C=O) groups is 1. The number of benzene rings is 1. The average molecular weight is 341 g/mol. The molecule has 1 aliphatic carbocycles. The van der Waals surface area contributed by atoms with E-state index in [-0.39, 0.29) is 5.92 Å². The summed E-state index contributed by atoms with van der Waals surface area (Å²) in [5.41, 5.74) is 10.1. The number of hydrogen-bond acceptors (Lipinski definition) is 4. The summed E-state index contributed by atoms with van der Waals surface area (Å²) >= 11 is 1.46. The number of aryl methyl sites for hydroxylation is 1. The summed E-state index contributed by atoms with van der Waals surface area (Å²) in [4.78, 5) is 19.4. The number of amides is 1. The summed E-state index contributed by atoms with van der Waals surface area (Å²) in [5, 5.41) is 2.59. The number of nitrogens with two attached hydrogens (primary N) is 1. The average Bonchev–Trinajstić information content (AvgIpc) is 3.07. The fraction of sp³-hybridized carbons (Fsp3) is 0.474. The maximum absolute atomic E-state index is 13.0. The van der Waals surface area contributed by atoms with Gasteiger partial charge in [-0.1, -0.05) is 25.3 Å². The first-order valence-electron chi connectivity index (χ1n) is 8.88. The molecule has 0 unspecified atom stereocenters. The van der Waals surface area contributed by atoms with Crippen molar-refractivity contribution in [2.24, 2.45) is 5.92 Å². The predicted octanol–water partition coefficient (Wildman–Crippen LogP) is 4.25. The molecular formula is C19H23N3OS. The fourth-order valence-corrected chi connectivity index (χ4v) is 4.55. The van der Waals surface area contributed by atoms with Gasteiger partial charge in [-0.25, -0.2) is 4.98 Å². The molecule has 2 heterocycles. The third-order valence-electron chi connectivity index (χ3n) is 5.24. The lowest BCUT2D eigenvalue weighted by atomic mass is 9.87. The van der Waals surface area contributed by atoms with E-state index in [0.717, 1.165) is 49.2 Å². The number of fused-ring (bicyclic) bond motifs is 1. The molecule has 0 saturated heterocycles. The van der Waals surface area contributed by atoms with Gasteiger partial charge in [0.25, 0.3) is 0 Å². The molecule has 0 spiro atoms. The van der Waals surface area contributed by atoms with E-state index < -0.39 is 0 Å². The Morgan fingerprint density at radius 3 is 2.79 bits per heavy atom. The van der Waals surface area contributed by atoms with Gasteiger partial charge in [0.05, 0.1) is 5.69 Å². The highest BCUT2D eigenvalue weighted by molar-refractivity contribution is 7.13. The Morgan fingerprint density at radius 1 is 1.21 bits per heavy atom. The molecule has 1 saturated carbocycles. The zero-order valence-corrected chi connectivity index (χ0v) is 14.6. The monoisotopic (exact) mass is 341 g/mol. The summed E-state index contributed by atoms with van der Waals surface area (Å²) in [6.45, 7) is 0.853. The summed E-state index contributed by atoms with van der Waals surface area (Å²) < 4.78 is 0. The second-order valence-electron chi connectivity index (χ2n) is 6.84. The molecule has 1 aromatic carbocycles. The van der Waals surface area contributed by atoms with Gasteiger partial charge in [0.2, 0.25) is 5.91 Å². The number of nitrogen functional groups attached to an aromatic ring is 1. The van der Waals surface area contributed by atoms with Crippen LogP contribution in [0.5, 0.6) is 0 Å². The van der Waals surface area contributed by atoms with Crippen molar-refractivity contribution in [2.45, 2.75) is 44.9 Å². The van der Waals surface area contributed by atoms with Gasteiger partial charge < -0.3 is 10.6 Å². The van der Waals surface area contributed by atoms with Gasteiger partial charge in [0, 0.05) is 29.1 Å². The third-order valence-corrected chi connectivity index (χ3v) is 5.91. The molecule has 0 bridgehead atoms. The number of nitrogens with zero attached hydrogens (tertiary/aromatic N) is 2. The molecule has 1 fully saturated rings. The molecule has 2 aliphatic rings.